The zero-order valence-electron chi connectivity index (χ0n) is 41.7. The molecule has 12 rings (SSSR count). The van der Waals surface area contributed by atoms with E-state index in [0.717, 1.165) is 72.8 Å². The maximum Gasteiger partial charge on any atom is 0.417 e. The molecule has 0 aliphatic heterocycles. The highest BCUT2D eigenvalue weighted by molar-refractivity contribution is 6.14. The molecule has 9 heteroatoms. The van der Waals surface area contributed by atoms with Crippen molar-refractivity contribution in [1.29, 1.82) is 5.26 Å². The molecular weight excluding hydrogens is 961 g/mol. The summed E-state index contributed by atoms with van der Waals surface area (Å²) in [6.45, 7) is 7.94. The summed E-state index contributed by atoms with van der Waals surface area (Å²) < 4.78 is 100. The average molecular weight is 1010 g/mol. The Bertz CT molecular complexity index is 3920. The molecule has 3 nitrogen and oxygen atoms in total. The van der Waals surface area contributed by atoms with Gasteiger partial charge in [-0.05, 0) is 143 Å². The third-order valence-corrected chi connectivity index (χ3v) is 15.0. The summed E-state index contributed by atoms with van der Waals surface area (Å²) in [5.41, 5.74) is 8.25. The van der Waals surface area contributed by atoms with Crippen LogP contribution in [0.5, 0.6) is 0 Å². The fourth-order valence-corrected chi connectivity index (χ4v) is 11.4. The Morgan fingerprint density at radius 2 is 0.632 bits per heavy atom. The highest BCUT2D eigenvalue weighted by Gasteiger charge is 2.43. The van der Waals surface area contributed by atoms with Gasteiger partial charge in [0.25, 0.3) is 0 Å². The summed E-state index contributed by atoms with van der Waals surface area (Å²) in [6, 6.07) is 62.2. The summed E-state index contributed by atoms with van der Waals surface area (Å²) in [5, 5.41) is 14.1. The number of halogens is 6. The second-order valence-electron chi connectivity index (χ2n) is 19.6. The molecule has 0 N–H and O–H groups in total. The van der Waals surface area contributed by atoms with E-state index in [1.54, 1.807) is 9.13 Å². The van der Waals surface area contributed by atoms with E-state index >= 15 is 26.3 Å². The van der Waals surface area contributed by atoms with E-state index in [1.165, 1.54) is 12.1 Å². The highest BCUT2D eigenvalue weighted by Crippen LogP contribution is 2.51. The molecule has 0 saturated carbocycles. The normalized spacial score (nSPS) is 12.1. The van der Waals surface area contributed by atoms with Crippen molar-refractivity contribution in [3.05, 3.63) is 239 Å². The summed E-state index contributed by atoms with van der Waals surface area (Å²) in [6.07, 6.45) is -10.5. The number of benzene rings is 10. The molecule has 0 unspecified atom stereocenters. The lowest BCUT2D eigenvalue weighted by Crippen LogP contribution is -2.16. The fourth-order valence-electron chi connectivity index (χ4n) is 11.4. The van der Waals surface area contributed by atoms with Crippen LogP contribution in [0, 0.1) is 39.0 Å². The fraction of sp³-hybridized carbons (Fsp3) is 0.0896. The maximum atomic E-state index is 16.1. The van der Waals surface area contributed by atoms with Gasteiger partial charge in [-0.3, -0.25) is 0 Å². The predicted octanol–water partition coefficient (Wildman–Crippen LogP) is 19.4. The van der Waals surface area contributed by atoms with Crippen LogP contribution < -0.4 is 0 Å². The minimum atomic E-state index is -5.27. The molecule has 2 aromatic heterocycles. The Labute approximate surface area is 434 Å². The topological polar surface area (TPSA) is 33.6 Å². The lowest BCUT2D eigenvalue weighted by Gasteiger charge is -2.26. The number of fused-ring (bicyclic) bond motifs is 6. The van der Waals surface area contributed by atoms with Crippen molar-refractivity contribution in [3.8, 4) is 73.1 Å². The number of aromatic nitrogens is 2. The van der Waals surface area contributed by atoms with Crippen LogP contribution in [0.15, 0.2) is 200 Å². The van der Waals surface area contributed by atoms with Gasteiger partial charge >= 0.3 is 12.4 Å². The molecule has 10 aromatic carbocycles. The van der Waals surface area contributed by atoms with Crippen molar-refractivity contribution in [2.75, 3.05) is 0 Å². The first kappa shape index (κ1) is 47.8. The van der Waals surface area contributed by atoms with Gasteiger partial charge in [0.05, 0.1) is 56.2 Å². The number of alkyl halides is 6. The zero-order valence-corrected chi connectivity index (χ0v) is 41.7. The van der Waals surface area contributed by atoms with E-state index < -0.39 is 29.0 Å². The van der Waals surface area contributed by atoms with E-state index in [2.05, 4.69) is 6.07 Å². The van der Waals surface area contributed by atoms with Crippen LogP contribution in [0.25, 0.3) is 111 Å². The Hall–Kier alpha value is -9.13. The van der Waals surface area contributed by atoms with E-state index in [-0.39, 0.29) is 22.5 Å². The van der Waals surface area contributed by atoms with Crippen molar-refractivity contribution < 1.29 is 26.3 Å². The number of hydrogen-bond donors (Lipinski definition) is 0. The average Bonchev–Trinajstić information content (AvgIpc) is 4.14. The van der Waals surface area contributed by atoms with Crippen molar-refractivity contribution in [2.24, 2.45) is 0 Å². The van der Waals surface area contributed by atoms with Gasteiger partial charge in [0.2, 0.25) is 0 Å². The Kier molecular flexibility index (Phi) is 11.4. The molecule has 0 spiro atoms. The van der Waals surface area contributed by atoms with Crippen LogP contribution >= 0.6 is 0 Å². The number of nitrogens with zero attached hydrogens (tertiary/aromatic N) is 3. The zero-order chi connectivity index (χ0) is 52.8. The SMILES string of the molecule is Cc1ccccc1-c1ccc2c3ccc(-c4ccccc4C)cc3n(-c3cc(C#N)cc(-n4c5cc(-c6ccccc6C)ccc5c5ccc(-c6ccccc6C)cc54)c3-c3c(C(F)(F)F)cccc3C(F)(F)F)c2c1. The van der Waals surface area contributed by atoms with Crippen molar-refractivity contribution >= 4 is 43.6 Å². The van der Waals surface area contributed by atoms with Crippen LogP contribution in [0.4, 0.5) is 26.3 Å². The number of aryl methyl sites for hydroxylation is 4. The molecule has 0 aliphatic rings. The first-order valence-electron chi connectivity index (χ1n) is 24.9. The summed E-state index contributed by atoms with van der Waals surface area (Å²) in [7, 11) is 0. The Morgan fingerprint density at radius 1 is 0.342 bits per heavy atom. The number of hydrogen-bond acceptors (Lipinski definition) is 1. The second-order valence-corrected chi connectivity index (χ2v) is 19.6. The first-order chi connectivity index (χ1) is 36.6. The molecule has 12 aromatic rings. The first-order valence-corrected chi connectivity index (χ1v) is 24.9. The van der Waals surface area contributed by atoms with Gasteiger partial charge < -0.3 is 9.13 Å². The van der Waals surface area contributed by atoms with Gasteiger partial charge in [0, 0.05) is 32.7 Å². The minimum Gasteiger partial charge on any atom is -0.308 e. The van der Waals surface area contributed by atoms with E-state index in [9.17, 15) is 5.26 Å². The van der Waals surface area contributed by atoms with Crippen LogP contribution in [0.2, 0.25) is 0 Å². The predicted molar refractivity (Wildman–Crippen MR) is 296 cm³/mol. The smallest absolute Gasteiger partial charge is 0.308 e. The summed E-state index contributed by atoms with van der Waals surface area (Å²) in [4.78, 5) is 0. The van der Waals surface area contributed by atoms with Crippen LogP contribution in [-0.2, 0) is 12.4 Å². The van der Waals surface area contributed by atoms with E-state index in [1.807, 2.05) is 198 Å². The minimum absolute atomic E-state index is 0.0204. The molecule has 370 valence electrons. The van der Waals surface area contributed by atoms with Gasteiger partial charge in [0.15, 0.2) is 0 Å². The molecule has 2 heterocycles. The molecule has 0 bridgehead atoms. The van der Waals surface area contributed by atoms with E-state index in [4.69, 9.17) is 0 Å². The van der Waals surface area contributed by atoms with Crippen LogP contribution in [0.1, 0.15) is 38.9 Å². The van der Waals surface area contributed by atoms with Crippen molar-refractivity contribution in [2.45, 2.75) is 40.0 Å². The molecule has 0 amide bonds. The molecule has 0 atom stereocenters. The number of nitriles is 1. The Morgan fingerprint density at radius 3 is 0.895 bits per heavy atom. The van der Waals surface area contributed by atoms with Crippen molar-refractivity contribution in [3.63, 3.8) is 0 Å². The summed E-state index contributed by atoms with van der Waals surface area (Å²) >= 11 is 0. The molecule has 0 radical (unpaired) electrons. The lowest BCUT2D eigenvalue weighted by molar-refractivity contribution is -0.142. The molecule has 0 saturated heterocycles. The summed E-state index contributed by atoms with van der Waals surface area (Å²) in [5.74, 6) is 0. The standard InChI is InChI=1S/C67H45F6N3/c1-39-14-5-9-18-48(39)44-24-28-52-53-29-25-45(49-19-10-6-15-40(49)2)35-59(53)75(58(52)34-44)62-32-43(38-74)33-63(65(62)64-56(66(68,69)70)22-13-23-57(64)67(71,72)73)76-60-36-46(50-20-11-7-16-41(50)3)26-30-54(60)55-31-27-47(37-61(55)76)51-21-12-8-17-42(51)4/h5-37H,1-4H3. The second kappa shape index (κ2) is 18.1. The third kappa shape index (κ3) is 7.91. The number of rotatable bonds is 7. The third-order valence-electron chi connectivity index (χ3n) is 15.0. The Balaban J connectivity index is 1.33. The highest BCUT2D eigenvalue weighted by atomic mass is 19.4. The van der Waals surface area contributed by atoms with E-state index in [0.29, 0.717) is 55.7 Å². The van der Waals surface area contributed by atoms with Gasteiger partial charge in [-0.15, -0.1) is 0 Å². The molecule has 0 fully saturated rings. The largest absolute Gasteiger partial charge is 0.417 e. The van der Waals surface area contributed by atoms with Gasteiger partial charge in [0.1, 0.15) is 0 Å². The van der Waals surface area contributed by atoms with Crippen LogP contribution in [0.3, 0.4) is 0 Å². The lowest BCUT2D eigenvalue weighted by atomic mass is 9.89. The van der Waals surface area contributed by atoms with Gasteiger partial charge in [-0.1, -0.05) is 152 Å². The van der Waals surface area contributed by atoms with Gasteiger partial charge in [-0.25, -0.2) is 0 Å². The molecular formula is C67H45F6N3. The monoisotopic (exact) mass is 1010 g/mol. The maximum absolute atomic E-state index is 16.1. The molecule has 0 aliphatic carbocycles. The van der Waals surface area contributed by atoms with Crippen molar-refractivity contribution in [1.82, 2.24) is 9.13 Å². The quantitative estimate of drug-likeness (QED) is 0.147. The molecule has 76 heavy (non-hydrogen) atoms. The van der Waals surface area contributed by atoms with Gasteiger partial charge in [-0.2, -0.15) is 31.6 Å². The van der Waals surface area contributed by atoms with Crippen LogP contribution in [-0.4, -0.2) is 9.13 Å².